The van der Waals surface area contributed by atoms with Gasteiger partial charge in [-0.1, -0.05) is 11.6 Å². The summed E-state index contributed by atoms with van der Waals surface area (Å²) in [5.41, 5.74) is 0. The van der Waals surface area contributed by atoms with Gasteiger partial charge in [0.2, 0.25) is 5.95 Å². The van der Waals surface area contributed by atoms with Crippen LogP contribution in [0.15, 0.2) is 12.4 Å². The molecule has 0 bridgehead atoms. The Morgan fingerprint density at radius 1 is 1.50 bits per heavy atom. The van der Waals surface area contributed by atoms with Crippen molar-refractivity contribution in [3.05, 3.63) is 17.4 Å². The zero-order chi connectivity index (χ0) is 11.6. The number of hydrogen-bond donors (Lipinski definition) is 1. The molecule has 1 saturated heterocycles. The molecule has 0 spiro atoms. The lowest BCUT2D eigenvalue weighted by molar-refractivity contribution is -0.136. The molecule has 1 unspecified atom stereocenters. The molecule has 1 fully saturated rings. The number of aromatic nitrogens is 2. The third kappa shape index (κ3) is 3.04. The van der Waals surface area contributed by atoms with Crippen molar-refractivity contribution in [1.29, 1.82) is 0 Å². The van der Waals surface area contributed by atoms with Crippen molar-refractivity contribution in [2.24, 2.45) is 0 Å². The molecule has 0 saturated carbocycles. The summed E-state index contributed by atoms with van der Waals surface area (Å²) in [5, 5.41) is 3.59. The lowest BCUT2D eigenvalue weighted by Gasteiger charge is -2.17. The van der Waals surface area contributed by atoms with E-state index in [9.17, 15) is 0 Å². The van der Waals surface area contributed by atoms with Crippen LogP contribution < -0.4 is 5.32 Å². The predicted molar refractivity (Wildman–Crippen MR) is 60.4 cm³/mol. The Labute approximate surface area is 99.1 Å². The van der Waals surface area contributed by atoms with E-state index in [-0.39, 0.29) is 6.10 Å². The van der Waals surface area contributed by atoms with Gasteiger partial charge in [0.05, 0.1) is 24.0 Å². The lowest BCUT2D eigenvalue weighted by Crippen LogP contribution is -2.26. The minimum atomic E-state index is -0.493. The van der Waals surface area contributed by atoms with E-state index >= 15 is 0 Å². The van der Waals surface area contributed by atoms with Crippen molar-refractivity contribution in [3.63, 3.8) is 0 Å². The maximum Gasteiger partial charge on any atom is 0.222 e. The first-order valence-corrected chi connectivity index (χ1v) is 5.46. The summed E-state index contributed by atoms with van der Waals surface area (Å²) in [5.74, 6) is 0.0467. The molecule has 1 aromatic heterocycles. The van der Waals surface area contributed by atoms with E-state index in [1.54, 1.807) is 12.4 Å². The van der Waals surface area contributed by atoms with E-state index in [2.05, 4.69) is 15.3 Å². The standard InChI is InChI=1S/C10H14ClN3O2/c1-10(2)15-6-8(16-10)5-14-9-12-3-7(11)4-13-9/h3-4,8H,5-6H2,1-2H3,(H,12,13,14). The van der Waals surface area contributed by atoms with Crippen LogP contribution in [0.2, 0.25) is 5.02 Å². The van der Waals surface area contributed by atoms with E-state index in [0.717, 1.165) is 0 Å². The molecule has 16 heavy (non-hydrogen) atoms. The quantitative estimate of drug-likeness (QED) is 0.876. The predicted octanol–water partition coefficient (Wildman–Crippen LogP) is 1.69. The van der Waals surface area contributed by atoms with E-state index in [0.29, 0.717) is 24.1 Å². The van der Waals surface area contributed by atoms with Crippen molar-refractivity contribution >= 4 is 17.5 Å². The molecule has 0 amide bonds. The molecule has 2 rings (SSSR count). The van der Waals surface area contributed by atoms with Crippen LogP contribution in [0, 0.1) is 0 Å². The highest BCUT2D eigenvalue weighted by molar-refractivity contribution is 6.30. The van der Waals surface area contributed by atoms with Crippen LogP contribution in [0.25, 0.3) is 0 Å². The highest BCUT2D eigenvalue weighted by Gasteiger charge is 2.32. The summed E-state index contributed by atoms with van der Waals surface area (Å²) in [4.78, 5) is 8.05. The zero-order valence-electron chi connectivity index (χ0n) is 9.24. The van der Waals surface area contributed by atoms with Gasteiger partial charge in [0, 0.05) is 6.54 Å². The van der Waals surface area contributed by atoms with Crippen LogP contribution in [0.4, 0.5) is 5.95 Å². The molecule has 1 aliphatic rings. The van der Waals surface area contributed by atoms with Crippen LogP contribution in [-0.4, -0.2) is 35.0 Å². The molecular weight excluding hydrogens is 230 g/mol. The van der Waals surface area contributed by atoms with Gasteiger partial charge in [0.1, 0.15) is 6.10 Å². The maximum atomic E-state index is 5.68. The largest absolute Gasteiger partial charge is 0.352 e. The van der Waals surface area contributed by atoms with E-state index in [1.165, 1.54) is 0 Å². The Morgan fingerprint density at radius 3 is 2.75 bits per heavy atom. The van der Waals surface area contributed by atoms with Crippen molar-refractivity contribution in [1.82, 2.24) is 9.97 Å². The Kier molecular flexibility index (Phi) is 3.28. The third-order valence-corrected chi connectivity index (χ3v) is 2.37. The van der Waals surface area contributed by atoms with Gasteiger partial charge in [-0.05, 0) is 13.8 Å². The smallest absolute Gasteiger partial charge is 0.222 e. The van der Waals surface area contributed by atoms with Crippen LogP contribution in [0.3, 0.4) is 0 Å². The highest BCUT2D eigenvalue weighted by atomic mass is 35.5. The number of nitrogens with zero attached hydrogens (tertiary/aromatic N) is 2. The molecule has 5 nitrogen and oxygen atoms in total. The zero-order valence-corrected chi connectivity index (χ0v) is 9.99. The van der Waals surface area contributed by atoms with E-state index in [4.69, 9.17) is 21.1 Å². The second-order valence-corrected chi connectivity index (χ2v) is 4.49. The Bertz CT molecular complexity index is 356. The Hall–Kier alpha value is -0.910. The number of anilines is 1. The van der Waals surface area contributed by atoms with Gasteiger partial charge < -0.3 is 14.8 Å². The molecule has 0 radical (unpaired) electrons. The lowest BCUT2D eigenvalue weighted by atomic mass is 10.4. The van der Waals surface area contributed by atoms with Crippen molar-refractivity contribution in [2.45, 2.75) is 25.7 Å². The first-order chi connectivity index (χ1) is 7.55. The molecule has 1 aliphatic heterocycles. The van der Waals surface area contributed by atoms with Gasteiger partial charge in [0.15, 0.2) is 5.79 Å². The highest BCUT2D eigenvalue weighted by Crippen LogP contribution is 2.22. The van der Waals surface area contributed by atoms with Gasteiger partial charge in [-0.25, -0.2) is 9.97 Å². The molecule has 1 N–H and O–H groups in total. The Balaban J connectivity index is 1.82. The number of halogens is 1. The minimum Gasteiger partial charge on any atom is -0.352 e. The second-order valence-electron chi connectivity index (χ2n) is 4.06. The molecule has 0 aliphatic carbocycles. The fourth-order valence-electron chi connectivity index (χ4n) is 1.47. The summed E-state index contributed by atoms with van der Waals surface area (Å²) in [6, 6.07) is 0. The molecule has 1 aromatic rings. The van der Waals surface area contributed by atoms with Crippen molar-refractivity contribution in [2.75, 3.05) is 18.5 Å². The first-order valence-electron chi connectivity index (χ1n) is 5.08. The summed E-state index contributed by atoms with van der Waals surface area (Å²) in [6.45, 7) is 4.98. The molecular formula is C10H14ClN3O2. The Morgan fingerprint density at radius 2 is 2.19 bits per heavy atom. The average molecular weight is 244 g/mol. The molecule has 6 heteroatoms. The topological polar surface area (TPSA) is 56.3 Å². The fourth-order valence-corrected chi connectivity index (χ4v) is 1.57. The molecule has 88 valence electrons. The minimum absolute atomic E-state index is 0.0225. The fraction of sp³-hybridized carbons (Fsp3) is 0.600. The SMILES string of the molecule is CC1(C)OCC(CNc2ncc(Cl)cn2)O1. The normalized spacial score (nSPS) is 23.3. The van der Waals surface area contributed by atoms with Gasteiger partial charge in [-0.15, -0.1) is 0 Å². The first kappa shape index (κ1) is 11.6. The van der Waals surface area contributed by atoms with Gasteiger partial charge in [0.25, 0.3) is 0 Å². The van der Waals surface area contributed by atoms with Crippen LogP contribution in [0.1, 0.15) is 13.8 Å². The van der Waals surface area contributed by atoms with Gasteiger partial charge in [-0.3, -0.25) is 0 Å². The number of rotatable bonds is 3. The summed E-state index contributed by atoms with van der Waals surface area (Å²) >= 11 is 5.68. The van der Waals surface area contributed by atoms with E-state index in [1.807, 2.05) is 13.8 Å². The number of ether oxygens (including phenoxy) is 2. The van der Waals surface area contributed by atoms with Gasteiger partial charge >= 0.3 is 0 Å². The molecule has 2 heterocycles. The molecule has 0 aromatic carbocycles. The number of hydrogen-bond acceptors (Lipinski definition) is 5. The van der Waals surface area contributed by atoms with Crippen molar-refractivity contribution < 1.29 is 9.47 Å². The summed E-state index contributed by atoms with van der Waals surface area (Å²) in [6.07, 6.45) is 3.12. The second kappa shape index (κ2) is 4.53. The van der Waals surface area contributed by atoms with E-state index < -0.39 is 5.79 Å². The van der Waals surface area contributed by atoms with Crippen LogP contribution >= 0.6 is 11.6 Å². The van der Waals surface area contributed by atoms with Crippen LogP contribution in [0.5, 0.6) is 0 Å². The van der Waals surface area contributed by atoms with Crippen LogP contribution in [-0.2, 0) is 9.47 Å². The summed E-state index contributed by atoms with van der Waals surface area (Å²) < 4.78 is 11.1. The number of nitrogens with one attached hydrogen (secondary N) is 1. The maximum absolute atomic E-state index is 5.68. The average Bonchev–Trinajstić information content (AvgIpc) is 2.58. The molecule has 1 atom stereocenters. The van der Waals surface area contributed by atoms with Gasteiger partial charge in [-0.2, -0.15) is 0 Å². The monoisotopic (exact) mass is 243 g/mol. The third-order valence-electron chi connectivity index (χ3n) is 2.18. The summed E-state index contributed by atoms with van der Waals surface area (Å²) in [7, 11) is 0. The van der Waals surface area contributed by atoms with Crippen molar-refractivity contribution in [3.8, 4) is 0 Å².